The van der Waals surface area contributed by atoms with Crippen molar-refractivity contribution >= 4 is 9.84 Å². The lowest BCUT2D eigenvalue weighted by atomic mass is 10.0. The summed E-state index contributed by atoms with van der Waals surface area (Å²) in [6.45, 7) is 4.61. The van der Waals surface area contributed by atoms with Gasteiger partial charge in [0, 0.05) is 11.8 Å². The molecule has 0 fully saturated rings. The Morgan fingerprint density at radius 3 is 2.40 bits per heavy atom. The molecular weight excluding hydrogens is 277 g/mol. The van der Waals surface area contributed by atoms with Crippen LogP contribution in [0.5, 0.6) is 0 Å². The van der Waals surface area contributed by atoms with Gasteiger partial charge in [-0.05, 0) is 43.5 Å². The van der Waals surface area contributed by atoms with Crippen LogP contribution in [0, 0.1) is 5.82 Å². The molecule has 5 heteroatoms. The largest absolute Gasteiger partial charge is 0.310 e. The summed E-state index contributed by atoms with van der Waals surface area (Å²) < 4.78 is 36.0. The molecule has 0 saturated heterocycles. The van der Waals surface area contributed by atoms with Gasteiger partial charge in [-0.3, -0.25) is 0 Å². The first-order valence-electron chi connectivity index (χ1n) is 7.17. The number of halogens is 1. The normalized spacial score (nSPS) is 13.3. The zero-order valence-corrected chi connectivity index (χ0v) is 13.0. The molecule has 0 heterocycles. The maximum atomic E-state index is 13.0. The number of hydrogen-bond donors (Lipinski definition) is 1. The van der Waals surface area contributed by atoms with E-state index in [0.29, 0.717) is 6.42 Å². The molecule has 1 rings (SSSR count). The second-order valence-corrected chi connectivity index (χ2v) is 7.41. The third kappa shape index (κ3) is 6.01. The summed E-state index contributed by atoms with van der Waals surface area (Å²) in [6, 6.07) is 6.49. The maximum absolute atomic E-state index is 13.0. The van der Waals surface area contributed by atoms with E-state index >= 15 is 0 Å². The summed E-state index contributed by atoms with van der Waals surface area (Å²) in [5.74, 6) is 0.155. The Morgan fingerprint density at radius 1 is 1.20 bits per heavy atom. The lowest BCUT2D eigenvalue weighted by molar-refractivity contribution is 0.491. The first kappa shape index (κ1) is 17.1. The summed E-state index contributed by atoms with van der Waals surface area (Å²) in [5.41, 5.74) is 1.01. The molecule has 0 aliphatic heterocycles. The van der Waals surface area contributed by atoms with E-state index in [2.05, 4.69) is 12.2 Å². The summed E-state index contributed by atoms with van der Waals surface area (Å²) in [7, 11) is -2.91. The van der Waals surface area contributed by atoms with Crippen molar-refractivity contribution in [3.63, 3.8) is 0 Å². The number of rotatable bonds is 9. The van der Waals surface area contributed by atoms with E-state index in [1.807, 2.05) is 0 Å². The summed E-state index contributed by atoms with van der Waals surface area (Å²) in [4.78, 5) is 0. The topological polar surface area (TPSA) is 46.2 Å². The van der Waals surface area contributed by atoms with Gasteiger partial charge in [-0.15, -0.1) is 0 Å². The van der Waals surface area contributed by atoms with Crippen LogP contribution >= 0.6 is 0 Å². The Balaban J connectivity index is 2.62. The molecule has 0 aliphatic rings. The number of hydrogen-bond acceptors (Lipinski definition) is 3. The fourth-order valence-corrected chi connectivity index (χ4v) is 2.95. The van der Waals surface area contributed by atoms with Crippen LogP contribution < -0.4 is 5.32 Å². The van der Waals surface area contributed by atoms with Crippen LogP contribution in [0.4, 0.5) is 4.39 Å². The Labute approximate surface area is 121 Å². The lowest BCUT2D eigenvalue weighted by Crippen LogP contribution is -2.23. The summed E-state index contributed by atoms with van der Waals surface area (Å²) >= 11 is 0. The molecule has 3 nitrogen and oxygen atoms in total. The first-order chi connectivity index (χ1) is 9.48. The van der Waals surface area contributed by atoms with Gasteiger partial charge in [0.15, 0.2) is 0 Å². The Bertz CT molecular complexity index is 485. The molecule has 1 atom stereocenters. The molecule has 0 aromatic heterocycles. The molecule has 20 heavy (non-hydrogen) atoms. The molecule has 0 saturated carbocycles. The molecule has 0 bridgehead atoms. The van der Waals surface area contributed by atoms with Gasteiger partial charge >= 0.3 is 0 Å². The van der Waals surface area contributed by atoms with Crippen molar-refractivity contribution in [2.45, 2.75) is 39.2 Å². The molecule has 0 radical (unpaired) electrons. The predicted octanol–water partition coefficient (Wildman–Crippen LogP) is 3.08. The highest BCUT2D eigenvalue weighted by Gasteiger charge is 2.13. The predicted molar refractivity (Wildman–Crippen MR) is 81.0 cm³/mol. The second-order valence-electron chi connectivity index (χ2n) is 4.94. The molecular formula is C15H24FNO2S. The van der Waals surface area contributed by atoms with Gasteiger partial charge in [0.25, 0.3) is 0 Å². The van der Waals surface area contributed by atoms with Crippen molar-refractivity contribution in [1.29, 1.82) is 0 Å². The molecule has 0 aliphatic carbocycles. The minimum absolute atomic E-state index is 0.0857. The van der Waals surface area contributed by atoms with Gasteiger partial charge in [0.05, 0.1) is 5.75 Å². The van der Waals surface area contributed by atoms with E-state index in [1.54, 1.807) is 19.1 Å². The van der Waals surface area contributed by atoms with Crippen LogP contribution in [-0.4, -0.2) is 26.5 Å². The highest BCUT2D eigenvalue weighted by molar-refractivity contribution is 7.91. The molecule has 1 aromatic carbocycles. The Hall–Kier alpha value is -0.940. The van der Waals surface area contributed by atoms with Crippen LogP contribution in [0.1, 0.15) is 44.7 Å². The van der Waals surface area contributed by atoms with E-state index in [-0.39, 0.29) is 23.4 Å². The fourth-order valence-electron chi connectivity index (χ4n) is 2.05. The molecule has 1 aromatic rings. The number of sulfone groups is 1. The highest BCUT2D eigenvalue weighted by Crippen LogP contribution is 2.19. The fraction of sp³-hybridized carbons (Fsp3) is 0.600. The van der Waals surface area contributed by atoms with Crippen LogP contribution in [0.3, 0.4) is 0 Å². The summed E-state index contributed by atoms with van der Waals surface area (Å²) in [5, 5.41) is 3.39. The summed E-state index contributed by atoms with van der Waals surface area (Å²) in [6.07, 6.45) is 2.37. The van der Waals surface area contributed by atoms with E-state index in [4.69, 9.17) is 0 Å². The van der Waals surface area contributed by atoms with Crippen molar-refractivity contribution in [1.82, 2.24) is 5.32 Å². The zero-order valence-electron chi connectivity index (χ0n) is 12.2. The van der Waals surface area contributed by atoms with Gasteiger partial charge < -0.3 is 5.32 Å². The third-order valence-electron chi connectivity index (χ3n) is 3.30. The average Bonchev–Trinajstić information content (AvgIpc) is 2.43. The van der Waals surface area contributed by atoms with Gasteiger partial charge in [0.2, 0.25) is 0 Å². The minimum atomic E-state index is -2.91. The smallest absolute Gasteiger partial charge is 0.150 e. The molecule has 1 N–H and O–H groups in total. The quantitative estimate of drug-likeness (QED) is 0.762. The van der Waals surface area contributed by atoms with Gasteiger partial charge in [-0.2, -0.15) is 0 Å². The van der Waals surface area contributed by atoms with E-state index in [9.17, 15) is 12.8 Å². The molecule has 1 unspecified atom stereocenters. The third-order valence-corrected chi connectivity index (χ3v) is 5.09. The maximum Gasteiger partial charge on any atom is 0.150 e. The van der Waals surface area contributed by atoms with Crippen molar-refractivity contribution in [3.8, 4) is 0 Å². The van der Waals surface area contributed by atoms with Crippen LogP contribution in [0.15, 0.2) is 24.3 Å². The highest BCUT2D eigenvalue weighted by atomic mass is 32.2. The SMILES string of the molecule is CCCNC(CCCS(=O)(=O)CC)c1ccc(F)cc1. The second kappa shape index (κ2) is 8.37. The van der Waals surface area contributed by atoms with Gasteiger partial charge in [0.1, 0.15) is 15.7 Å². The Kier molecular flexibility index (Phi) is 7.16. The number of benzene rings is 1. The van der Waals surface area contributed by atoms with Crippen LogP contribution in [0.25, 0.3) is 0 Å². The first-order valence-corrected chi connectivity index (χ1v) is 9.00. The van der Waals surface area contributed by atoms with Crippen molar-refractivity contribution in [2.75, 3.05) is 18.1 Å². The van der Waals surface area contributed by atoms with Crippen molar-refractivity contribution < 1.29 is 12.8 Å². The number of nitrogens with one attached hydrogen (secondary N) is 1. The van der Waals surface area contributed by atoms with Crippen LogP contribution in [0.2, 0.25) is 0 Å². The Morgan fingerprint density at radius 2 is 1.85 bits per heavy atom. The van der Waals surface area contributed by atoms with Crippen molar-refractivity contribution in [2.24, 2.45) is 0 Å². The van der Waals surface area contributed by atoms with Crippen molar-refractivity contribution in [3.05, 3.63) is 35.6 Å². The molecule has 0 amide bonds. The molecule has 114 valence electrons. The van der Waals surface area contributed by atoms with Gasteiger partial charge in [-0.1, -0.05) is 26.0 Å². The molecule has 0 spiro atoms. The standard InChI is InChI=1S/C15H24FNO2S/c1-3-11-17-15(6-5-12-20(18,19)4-2)13-7-9-14(16)10-8-13/h7-10,15,17H,3-6,11-12H2,1-2H3. The van der Waals surface area contributed by atoms with E-state index in [1.165, 1.54) is 12.1 Å². The lowest BCUT2D eigenvalue weighted by Gasteiger charge is -2.19. The monoisotopic (exact) mass is 301 g/mol. The van der Waals surface area contributed by atoms with Gasteiger partial charge in [-0.25, -0.2) is 12.8 Å². The van der Waals surface area contributed by atoms with E-state index in [0.717, 1.165) is 24.9 Å². The minimum Gasteiger partial charge on any atom is -0.310 e. The van der Waals surface area contributed by atoms with Crippen LogP contribution in [-0.2, 0) is 9.84 Å². The average molecular weight is 301 g/mol. The zero-order chi connectivity index (χ0) is 15.0. The van der Waals surface area contributed by atoms with E-state index < -0.39 is 9.84 Å².